The molecule has 14 nitrogen and oxygen atoms in total. The van der Waals surface area contributed by atoms with Crippen molar-refractivity contribution in [2.24, 2.45) is 5.92 Å². The van der Waals surface area contributed by atoms with E-state index < -0.39 is 23.4 Å². The average molecular weight is 900 g/mol. The van der Waals surface area contributed by atoms with Crippen LogP contribution >= 0.6 is 0 Å². The first-order valence-electron chi connectivity index (χ1n) is 23.8. The van der Waals surface area contributed by atoms with Gasteiger partial charge in [-0.15, -0.1) is 0 Å². The number of piperidine rings is 2. The van der Waals surface area contributed by atoms with Crippen LogP contribution in [0.15, 0.2) is 24.5 Å². The topological polar surface area (TPSA) is 152 Å². The van der Waals surface area contributed by atoms with E-state index in [2.05, 4.69) is 56.6 Å². The fourth-order valence-corrected chi connectivity index (χ4v) is 10.0. The molecule has 3 saturated heterocycles. The molecule has 6 rings (SSSR count). The molecule has 0 unspecified atom stereocenters. The number of rotatable bonds is 16. The second-order valence-electron chi connectivity index (χ2n) is 19.7. The van der Waals surface area contributed by atoms with E-state index in [4.69, 9.17) is 4.74 Å². The highest BCUT2D eigenvalue weighted by atomic mass is 19.4. The first-order chi connectivity index (χ1) is 30.4. The smallest absolute Gasteiger partial charge is 0.416 e. The summed E-state index contributed by atoms with van der Waals surface area (Å²) in [5.74, 6) is 0.191. The summed E-state index contributed by atoms with van der Waals surface area (Å²) in [5.41, 5.74) is -0.960. The van der Waals surface area contributed by atoms with Gasteiger partial charge in [-0.3, -0.25) is 14.4 Å². The number of hydrogen-bond acceptors (Lipinski definition) is 10. The summed E-state index contributed by atoms with van der Waals surface area (Å²) < 4.78 is 46.0. The van der Waals surface area contributed by atoms with Gasteiger partial charge in [0.25, 0.3) is 0 Å². The maximum Gasteiger partial charge on any atom is 0.416 e. The number of nitrogens with zero attached hydrogens (tertiary/aromatic N) is 6. The fraction of sp³-hybridized carbons (Fsp3) is 0.745. The van der Waals surface area contributed by atoms with Crippen LogP contribution in [0.25, 0.3) is 10.9 Å². The van der Waals surface area contributed by atoms with E-state index in [1.165, 1.54) is 12.4 Å². The molecule has 1 aliphatic carbocycles. The van der Waals surface area contributed by atoms with Crippen molar-refractivity contribution in [1.82, 2.24) is 40.2 Å². The second kappa shape index (κ2) is 21.8. The van der Waals surface area contributed by atoms with Gasteiger partial charge in [-0.05, 0) is 137 Å². The fourth-order valence-electron chi connectivity index (χ4n) is 10.0. The van der Waals surface area contributed by atoms with Crippen LogP contribution in [0, 0.1) is 5.92 Å². The molecule has 3 N–H and O–H groups in total. The highest BCUT2D eigenvalue weighted by Gasteiger charge is 2.44. The molecule has 3 aliphatic heterocycles. The minimum Gasteiger partial charge on any atom is -0.444 e. The Morgan fingerprint density at radius 2 is 1.59 bits per heavy atom. The molecule has 0 bridgehead atoms. The van der Waals surface area contributed by atoms with Crippen molar-refractivity contribution in [2.45, 2.75) is 173 Å². The first-order valence-corrected chi connectivity index (χ1v) is 23.8. The normalized spacial score (nSPS) is 23.3. The molecule has 64 heavy (non-hydrogen) atoms. The third-order valence-corrected chi connectivity index (χ3v) is 13.9. The SMILES string of the molecule is CC(C)N(C)[C@@H]1CC[C@H](N2CC[C@H](Nc3ncnc4ccc(C(F)(F)F)cc34)C2=O)[C@H](NC(=O)C2CCN(C3CCN(C(=O)CCCCCCCNC(=O)OC(C)(C)C)CC3)CC2)C1. The van der Waals surface area contributed by atoms with Gasteiger partial charge in [0.15, 0.2) is 0 Å². The van der Waals surface area contributed by atoms with Crippen LogP contribution < -0.4 is 16.0 Å². The average Bonchev–Trinajstić information content (AvgIpc) is 3.61. The first kappa shape index (κ1) is 49.2. The number of fused-ring (bicyclic) bond motifs is 1. The molecule has 356 valence electrons. The van der Waals surface area contributed by atoms with Crippen LogP contribution in [-0.2, 0) is 25.3 Å². The minimum atomic E-state index is -4.53. The van der Waals surface area contributed by atoms with Gasteiger partial charge in [0.2, 0.25) is 17.7 Å². The van der Waals surface area contributed by atoms with E-state index in [0.717, 1.165) is 115 Å². The predicted molar refractivity (Wildman–Crippen MR) is 240 cm³/mol. The van der Waals surface area contributed by atoms with Gasteiger partial charge in [0.05, 0.1) is 23.2 Å². The number of carbonyl (C=O) groups excluding carboxylic acids is 4. The Morgan fingerprint density at radius 3 is 2.28 bits per heavy atom. The molecule has 4 amide bonds. The Balaban J connectivity index is 0.949. The van der Waals surface area contributed by atoms with E-state index in [9.17, 15) is 32.3 Å². The third kappa shape index (κ3) is 13.2. The standard InChI is InChI=1S/C47H72F3N9O5/c1-31(2)56(6)35-14-16-40(59-27-21-38(44(59)62)54-42-36-28-33(47(48,49)50)13-15-37(36)52-30-53-42)39(29-35)55-43(61)32-17-23-57(24-18-32)34-19-25-58(26-20-34)41(60)12-10-8-7-9-11-22-51-45(63)64-46(3,4)5/h13,15,28,30-32,34-35,38-40H,7-12,14,16-27,29H2,1-6H3,(H,51,63)(H,55,61)(H,52,53,54)/t35-,38+,39-,40+/m1/s1. The van der Waals surface area contributed by atoms with Crippen molar-refractivity contribution in [1.29, 1.82) is 0 Å². The lowest BCUT2D eigenvalue weighted by Gasteiger charge is -2.45. The molecular formula is C47H72F3N9O5. The summed E-state index contributed by atoms with van der Waals surface area (Å²) in [6.45, 7) is 14.1. The summed E-state index contributed by atoms with van der Waals surface area (Å²) in [4.78, 5) is 70.1. The summed E-state index contributed by atoms with van der Waals surface area (Å²) in [7, 11) is 2.11. The molecule has 0 spiro atoms. The lowest BCUT2D eigenvalue weighted by Crippen LogP contribution is -2.59. The number of carbonyl (C=O) groups is 4. The van der Waals surface area contributed by atoms with Crippen LogP contribution in [0.3, 0.4) is 0 Å². The zero-order valence-corrected chi connectivity index (χ0v) is 38.9. The van der Waals surface area contributed by atoms with Crippen LogP contribution in [0.2, 0.25) is 0 Å². The van der Waals surface area contributed by atoms with Gasteiger partial charge < -0.3 is 40.3 Å². The number of amides is 4. The van der Waals surface area contributed by atoms with Crippen LogP contribution in [0.5, 0.6) is 0 Å². The summed E-state index contributed by atoms with van der Waals surface area (Å²) in [6, 6.07) is 3.18. The highest BCUT2D eigenvalue weighted by molar-refractivity contribution is 5.93. The maximum atomic E-state index is 14.1. The van der Waals surface area contributed by atoms with Crippen molar-refractivity contribution < 1.29 is 37.1 Å². The van der Waals surface area contributed by atoms with Crippen molar-refractivity contribution in [3.63, 3.8) is 0 Å². The number of likely N-dealkylation sites (tertiary alicyclic amines) is 3. The molecule has 1 saturated carbocycles. The number of benzene rings is 1. The monoisotopic (exact) mass is 900 g/mol. The Hall–Kier alpha value is -4.25. The van der Waals surface area contributed by atoms with Gasteiger partial charge in [0, 0.05) is 62.0 Å². The van der Waals surface area contributed by atoms with E-state index in [-0.39, 0.29) is 59.1 Å². The van der Waals surface area contributed by atoms with Crippen molar-refractivity contribution >= 4 is 40.5 Å². The number of anilines is 1. The molecule has 4 heterocycles. The maximum absolute atomic E-state index is 14.1. The number of hydrogen-bond donors (Lipinski definition) is 3. The Morgan fingerprint density at radius 1 is 0.891 bits per heavy atom. The lowest BCUT2D eigenvalue weighted by atomic mass is 9.83. The Bertz CT molecular complexity index is 1890. The number of nitrogens with one attached hydrogen (secondary N) is 3. The zero-order valence-electron chi connectivity index (χ0n) is 38.9. The Labute approximate surface area is 377 Å². The van der Waals surface area contributed by atoms with Crippen LogP contribution in [0.4, 0.5) is 23.8 Å². The van der Waals surface area contributed by atoms with E-state index in [1.807, 2.05) is 30.6 Å². The van der Waals surface area contributed by atoms with Gasteiger partial charge in [-0.1, -0.05) is 19.3 Å². The molecule has 0 radical (unpaired) electrons. The third-order valence-electron chi connectivity index (χ3n) is 13.9. The molecule has 4 atom stereocenters. The number of alkyl halides is 3. The molecule has 1 aromatic heterocycles. The van der Waals surface area contributed by atoms with Gasteiger partial charge in [-0.25, -0.2) is 14.8 Å². The number of unbranched alkanes of at least 4 members (excludes halogenated alkanes) is 4. The van der Waals surface area contributed by atoms with E-state index in [0.29, 0.717) is 43.5 Å². The molecular weight excluding hydrogens is 828 g/mol. The molecule has 4 fully saturated rings. The number of alkyl carbamates (subject to hydrolysis) is 1. The van der Waals surface area contributed by atoms with E-state index in [1.54, 1.807) is 0 Å². The summed E-state index contributed by atoms with van der Waals surface area (Å²) >= 11 is 0. The predicted octanol–water partition coefficient (Wildman–Crippen LogP) is 6.98. The zero-order chi connectivity index (χ0) is 46.2. The van der Waals surface area contributed by atoms with Crippen LogP contribution in [0.1, 0.15) is 130 Å². The quantitative estimate of drug-likeness (QED) is 0.151. The molecule has 2 aromatic rings. The van der Waals surface area contributed by atoms with Crippen molar-refractivity contribution in [3.8, 4) is 0 Å². The van der Waals surface area contributed by atoms with E-state index >= 15 is 0 Å². The van der Waals surface area contributed by atoms with Gasteiger partial charge in [-0.2, -0.15) is 13.2 Å². The molecule has 1 aromatic carbocycles. The molecule has 4 aliphatic rings. The second-order valence-corrected chi connectivity index (χ2v) is 19.7. The number of halogens is 3. The number of aromatic nitrogens is 2. The molecule has 17 heteroatoms. The minimum absolute atomic E-state index is 0.0367. The number of ether oxygens (including phenoxy) is 1. The Kier molecular flexibility index (Phi) is 16.8. The van der Waals surface area contributed by atoms with Gasteiger partial charge >= 0.3 is 12.3 Å². The summed E-state index contributed by atoms with van der Waals surface area (Å²) in [6.07, 6.45) is 7.87. The lowest BCUT2D eigenvalue weighted by molar-refractivity contribution is -0.137. The highest BCUT2D eigenvalue weighted by Crippen LogP contribution is 2.35. The van der Waals surface area contributed by atoms with Crippen LogP contribution in [-0.4, -0.2) is 142 Å². The van der Waals surface area contributed by atoms with Crippen molar-refractivity contribution in [2.75, 3.05) is 51.6 Å². The van der Waals surface area contributed by atoms with Crippen molar-refractivity contribution in [3.05, 3.63) is 30.1 Å². The summed E-state index contributed by atoms with van der Waals surface area (Å²) in [5, 5.41) is 9.59. The largest absolute Gasteiger partial charge is 0.444 e. The van der Waals surface area contributed by atoms with Gasteiger partial charge in [0.1, 0.15) is 23.8 Å².